The average molecular weight is 295 g/mol. The monoisotopic (exact) mass is 295 g/mol. The second-order valence-electron chi connectivity index (χ2n) is 5.97. The maximum Gasteiger partial charge on any atom is 0.134 e. The van der Waals surface area contributed by atoms with Gasteiger partial charge in [-0.2, -0.15) is 0 Å². The van der Waals surface area contributed by atoms with Crippen molar-refractivity contribution in [3.05, 3.63) is 23.3 Å². The Labute approximate surface area is 136 Å². The zero-order chi connectivity index (χ0) is 16.5. The van der Waals surface area contributed by atoms with Gasteiger partial charge in [-0.05, 0) is 41.7 Å². The Morgan fingerprint density at radius 3 is 2.09 bits per heavy atom. The number of nitrogens with two attached hydrogens (primary N) is 1. The molecule has 6 radical (unpaired) electrons. The minimum atomic E-state index is -2.31. The predicted octanol–water partition coefficient (Wildman–Crippen LogP) is 0.624. The van der Waals surface area contributed by atoms with Crippen LogP contribution in [0.2, 0.25) is 0 Å². The van der Waals surface area contributed by atoms with Crippen LogP contribution < -0.4 is 15.2 Å². The molecule has 0 aliphatic heterocycles. The number of ether oxygens (including phenoxy) is 2. The van der Waals surface area contributed by atoms with Crippen LogP contribution in [0.15, 0.2) is 12.1 Å². The van der Waals surface area contributed by atoms with Crippen LogP contribution in [0.25, 0.3) is 0 Å². The summed E-state index contributed by atoms with van der Waals surface area (Å²) in [6, 6.07) is 3.50. The van der Waals surface area contributed by atoms with Gasteiger partial charge in [0.15, 0.2) is 0 Å². The van der Waals surface area contributed by atoms with Crippen molar-refractivity contribution in [1.29, 1.82) is 0 Å². The topological polar surface area (TPSA) is 64.7 Å². The second-order valence-corrected chi connectivity index (χ2v) is 5.97. The smallest absolute Gasteiger partial charge is 0.134 e. The fourth-order valence-corrected chi connectivity index (χ4v) is 3.02. The van der Waals surface area contributed by atoms with Gasteiger partial charge in [-0.15, -0.1) is 0 Å². The van der Waals surface area contributed by atoms with E-state index in [1.54, 1.807) is 13.2 Å². The first kappa shape index (κ1) is 17.3. The van der Waals surface area contributed by atoms with E-state index in [1.807, 2.05) is 6.07 Å². The molecule has 0 bridgehead atoms. The lowest BCUT2D eigenvalue weighted by Gasteiger charge is -2.40. The lowest BCUT2D eigenvalue weighted by atomic mass is 9.42. The summed E-state index contributed by atoms with van der Waals surface area (Å²) in [4.78, 5) is 0. The first-order chi connectivity index (χ1) is 10.2. The molecule has 2 rings (SSSR count). The summed E-state index contributed by atoms with van der Waals surface area (Å²) in [5.74, 6) is 1.49. The lowest BCUT2D eigenvalue weighted by molar-refractivity contribution is 0.114. The van der Waals surface area contributed by atoms with Crippen LogP contribution in [0.1, 0.15) is 42.7 Å². The Morgan fingerprint density at radius 2 is 1.64 bits per heavy atom. The van der Waals surface area contributed by atoms with Gasteiger partial charge in [-0.25, -0.2) is 0 Å². The van der Waals surface area contributed by atoms with Gasteiger partial charge in [0.1, 0.15) is 19.3 Å². The molecule has 1 aromatic carbocycles. The van der Waals surface area contributed by atoms with E-state index < -0.39 is 10.8 Å². The molecule has 112 valence electrons. The third-order valence-electron chi connectivity index (χ3n) is 4.46. The van der Waals surface area contributed by atoms with Crippen LogP contribution in [-0.4, -0.2) is 48.5 Å². The summed E-state index contributed by atoms with van der Waals surface area (Å²) in [7, 11) is 20.5. The van der Waals surface area contributed by atoms with Gasteiger partial charge in [0.05, 0.1) is 35.5 Å². The zero-order valence-electron chi connectivity index (χ0n) is 13.1. The molecule has 0 aromatic heterocycles. The highest BCUT2D eigenvalue weighted by Crippen LogP contribution is 2.44. The fraction of sp³-hybridized carbons (Fsp3) is 0.600. The number of aliphatic hydroxyl groups is 1. The van der Waals surface area contributed by atoms with Crippen molar-refractivity contribution in [1.82, 2.24) is 0 Å². The van der Waals surface area contributed by atoms with Crippen molar-refractivity contribution in [2.24, 2.45) is 5.73 Å². The van der Waals surface area contributed by atoms with Crippen molar-refractivity contribution in [3.8, 4) is 11.5 Å². The zero-order valence-corrected chi connectivity index (χ0v) is 13.1. The fourth-order valence-electron chi connectivity index (χ4n) is 3.02. The van der Waals surface area contributed by atoms with E-state index in [0.29, 0.717) is 23.0 Å². The van der Waals surface area contributed by atoms with Gasteiger partial charge >= 0.3 is 0 Å². The van der Waals surface area contributed by atoms with Gasteiger partial charge in [0.25, 0.3) is 0 Å². The van der Waals surface area contributed by atoms with Gasteiger partial charge in [0.2, 0.25) is 0 Å². The first-order valence-corrected chi connectivity index (χ1v) is 7.36. The Balaban J connectivity index is 2.56. The van der Waals surface area contributed by atoms with E-state index in [-0.39, 0.29) is 0 Å². The number of methoxy groups -OCH3 is 2. The molecule has 0 heterocycles. The highest BCUT2D eigenvalue weighted by Gasteiger charge is 2.38. The molecule has 1 saturated carbocycles. The number of hydrogen-bond acceptors (Lipinski definition) is 4. The maximum absolute atomic E-state index is 9.87. The molecular weight excluding hydrogens is 275 g/mol. The number of rotatable bonds is 5. The average Bonchev–Trinajstić information content (AvgIpc) is 2.98. The van der Waals surface area contributed by atoms with Crippen molar-refractivity contribution in [2.75, 3.05) is 14.2 Å². The first-order valence-electron chi connectivity index (χ1n) is 7.36. The molecule has 1 aliphatic rings. The molecule has 0 spiro atoms. The molecular formula is C15H20B3NO3. The van der Waals surface area contributed by atoms with E-state index in [2.05, 4.69) is 0 Å². The highest BCUT2D eigenvalue weighted by molar-refractivity contribution is 6.45. The molecule has 1 unspecified atom stereocenters. The summed E-state index contributed by atoms with van der Waals surface area (Å²) in [6.07, 6.45) is 4.60. The summed E-state index contributed by atoms with van der Waals surface area (Å²) in [6.45, 7) is 0. The van der Waals surface area contributed by atoms with Gasteiger partial charge in [0, 0.05) is 5.56 Å². The highest BCUT2D eigenvalue weighted by atomic mass is 16.5. The maximum atomic E-state index is 9.87. The summed E-state index contributed by atoms with van der Waals surface area (Å²) < 4.78 is 10.9. The number of benzene rings is 1. The Morgan fingerprint density at radius 1 is 1.09 bits per heavy atom. The molecule has 4 nitrogen and oxygen atoms in total. The molecule has 0 saturated heterocycles. The van der Waals surface area contributed by atoms with Gasteiger partial charge in [-0.3, -0.25) is 0 Å². The van der Waals surface area contributed by atoms with Crippen LogP contribution in [0.5, 0.6) is 11.5 Å². The van der Waals surface area contributed by atoms with E-state index in [9.17, 15) is 5.11 Å². The van der Waals surface area contributed by atoms with Gasteiger partial charge < -0.3 is 20.3 Å². The molecule has 1 fully saturated rings. The van der Waals surface area contributed by atoms with Crippen molar-refractivity contribution in [3.63, 3.8) is 0 Å². The Hall–Kier alpha value is -1.07. The second kappa shape index (κ2) is 6.21. The quantitative estimate of drug-likeness (QED) is 0.617. The third kappa shape index (κ3) is 3.02. The molecule has 1 atom stereocenters. The molecule has 0 amide bonds. The van der Waals surface area contributed by atoms with E-state index in [0.717, 1.165) is 18.4 Å². The standard InChI is InChI=1S/C15H20B3NO3/c1-21-12-8-11(14(16,17)15(18,19)20)13(22-2)7-10(12)9-5-3-4-6-9/h7-9,20H,3-6,19H2,1-2H3. The third-order valence-corrected chi connectivity index (χ3v) is 4.46. The molecule has 7 heteroatoms. The molecule has 1 aliphatic carbocycles. The van der Waals surface area contributed by atoms with Crippen LogP contribution >= 0.6 is 0 Å². The molecule has 1 aromatic rings. The van der Waals surface area contributed by atoms with E-state index in [4.69, 9.17) is 38.7 Å². The summed E-state index contributed by atoms with van der Waals surface area (Å²) in [5.41, 5.74) is 4.54. The molecule has 22 heavy (non-hydrogen) atoms. The Bertz CT molecular complexity index is 538. The lowest BCUT2D eigenvalue weighted by Crippen LogP contribution is -2.60. The minimum Gasteiger partial charge on any atom is -0.496 e. The van der Waals surface area contributed by atoms with E-state index in [1.165, 1.54) is 20.0 Å². The molecule has 3 N–H and O–H groups in total. The van der Waals surface area contributed by atoms with Crippen molar-refractivity contribution in [2.45, 2.75) is 42.4 Å². The van der Waals surface area contributed by atoms with Crippen LogP contribution in [-0.2, 0) is 5.21 Å². The minimum absolute atomic E-state index is 0.293. The van der Waals surface area contributed by atoms with Crippen molar-refractivity contribution >= 4 is 23.5 Å². The largest absolute Gasteiger partial charge is 0.496 e. The number of hydrogen-bond donors (Lipinski definition) is 2. The van der Waals surface area contributed by atoms with Crippen LogP contribution in [0.3, 0.4) is 0 Å². The Kier molecular flexibility index (Phi) is 4.88. The SMILES string of the molecule is [B]C(N)(O)C([B])([B])c1cc(OC)c(C2CCCC2)cc1OC. The normalized spacial score (nSPS) is 18.9. The van der Waals surface area contributed by atoms with E-state index >= 15 is 0 Å². The summed E-state index contributed by atoms with van der Waals surface area (Å²) >= 11 is 0. The van der Waals surface area contributed by atoms with Crippen molar-refractivity contribution < 1.29 is 14.6 Å². The van der Waals surface area contributed by atoms with Gasteiger partial charge in [-0.1, -0.05) is 12.8 Å². The summed E-state index contributed by atoms with van der Waals surface area (Å²) in [5, 5.41) is 7.98. The van der Waals surface area contributed by atoms with Crippen LogP contribution in [0, 0.1) is 0 Å². The predicted molar refractivity (Wildman–Crippen MR) is 88.8 cm³/mol. The van der Waals surface area contributed by atoms with Crippen LogP contribution in [0.4, 0.5) is 0 Å².